The predicted octanol–water partition coefficient (Wildman–Crippen LogP) is 4.28. The smallest absolute Gasteiger partial charge is 0.222 e. The number of halogens is 1. The van der Waals surface area contributed by atoms with Gasteiger partial charge in [-0.3, -0.25) is 4.90 Å². The van der Waals surface area contributed by atoms with Crippen LogP contribution in [0.1, 0.15) is 43.7 Å². The third-order valence-electron chi connectivity index (χ3n) is 5.00. The minimum Gasteiger partial charge on any atom is -0.354 e. The molecule has 1 aliphatic heterocycles. The molecule has 4 nitrogen and oxygen atoms in total. The summed E-state index contributed by atoms with van der Waals surface area (Å²) in [7, 11) is 0. The van der Waals surface area contributed by atoms with Gasteiger partial charge in [0.25, 0.3) is 0 Å². The number of piperidine rings is 1. The van der Waals surface area contributed by atoms with Crippen LogP contribution >= 0.6 is 0 Å². The molecule has 5 heteroatoms. The van der Waals surface area contributed by atoms with E-state index in [0.717, 1.165) is 39.0 Å². The van der Waals surface area contributed by atoms with Crippen molar-refractivity contribution < 1.29 is 4.39 Å². The van der Waals surface area contributed by atoms with E-state index in [0.29, 0.717) is 11.9 Å². The molecule has 1 fully saturated rings. The second-order valence-corrected chi connectivity index (χ2v) is 7.25. The van der Waals surface area contributed by atoms with Crippen molar-refractivity contribution >= 4 is 5.95 Å². The molecule has 1 aliphatic rings. The number of nitrogens with one attached hydrogen (secondary N) is 1. The van der Waals surface area contributed by atoms with E-state index in [1.54, 1.807) is 12.1 Å². The van der Waals surface area contributed by atoms with Gasteiger partial charge < -0.3 is 5.32 Å². The lowest BCUT2D eigenvalue weighted by atomic mass is 9.91. The Morgan fingerprint density at radius 2 is 1.92 bits per heavy atom. The molecule has 26 heavy (non-hydrogen) atoms. The normalized spacial score (nSPS) is 18.0. The van der Waals surface area contributed by atoms with Crippen LogP contribution in [0.5, 0.6) is 0 Å². The van der Waals surface area contributed by atoms with E-state index < -0.39 is 0 Å². The van der Waals surface area contributed by atoms with Crippen LogP contribution in [-0.2, 0) is 13.0 Å². The Kier molecular flexibility index (Phi) is 6.95. The zero-order valence-electron chi connectivity index (χ0n) is 15.6. The molecule has 0 spiro atoms. The number of anilines is 1. The van der Waals surface area contributed by atoms with Gasteiger partial charge in [0.2, 0.25) is 5.95 Å². The van der Waals surface area contributed by atoms with E-state index in [4.69, 9.17) is 0 Å². The van der Waals surface area contributed by atoms with E-state index in [2.05, 4.69) is 27.1 Å². The summed E-state index contributed by atoms with van der Waals surface area (Å²) in [5.41, 5.74) is 2.40. The molecule has 1 N–H and O–H groups in total. The van der Waals surface area contributed by atoms with E-state index in [-0.39, 0.29) is 5.82 Å². The van der Waals surface area contributed by atoms with Crippen LogP contribution in [0.15, 0.2) is 36.7 Å². The molecule has 0 radical (unpaired) electrons. The van der Waals surface area contributed by atoms with Gasteiger partial charge in [0.15, 0.2) is 0 Å². The summed E-state index contributed by atoms with van der Waals surface area (Å²) < 4.78 is 13.0. The lowest BCUT2D eigenvalue weighted by Crippen LogP contribution is -2.35. The van der Waals surface area contributed by atoms with Gasteiger partial charge in [-0.15, -0.1) is 0 Å². The van der Waals surface area contributed by atoms with Crippen LogP contribution < -0.4 is 5.32 Å². The van der Waals surface area contributed by atoms with Crippen molar-refractivity contribution in [3.63, 3.8) is 0 Å². The van der Waals surface area contributed by atoms with Gasteiger partial charge in [0.05, 0.1) is 0 Å². The molecule has 0 saturated carbocycles. The van der Waals surface area contributed by atoms with Gasteiger partial charge in [0.1, 0.15) is 5.82 Å². The van der Waals surface area contributed by atoms with E-state index in [9.17, 15) is 4.39 Å². The highest BCUT2D eigenvalue weighted by Crippen LogP contribution is 2.23. The molecule has 1 atom stereocenters. The fourth-order valence-electron chi connectivity index (χ4n) is 3.58. The molecule has 1 aromatic carbocycles. The van der Waals surface area contributed by atoms with Crippen molar-refractivity contribution in [2.45, 2.75) is 45.6 Å². The van der Waals surface area contributed by atoms with Gasteiger partial charge in [-0.1, -0.05) is 19.1 Å². The van der Waals surface area contributed by atoms with Crippen LogP contribution in [0.4, 0.5) is 10.3 Å². The Morgan fingerprint density at radius 1 is 1.15 bits per heavy atom. The summed E-state index contributed by atoms with van der Waals surface area (Å²) in [5, 5.41) is 3.21. The zero-order valence-corrected chi connectivity index (χ0v) is 15.6. The summed E-state index contributed by atoms with van der Waals surface area (Å²) in [6.45, 7) is 6.21. The van der Waals surface area contributed by atoms with E-state index >= 15 is 0 Å². The molecule has 0 amide bonds. The van der Waals surface area contributed by atoms with Crippen molar-refractivity contribution in [1.82, 2.24) is 14.9 Å². The lowest BCUT2D eigenvalue weighted by molar-refractivity contribution is 0.161. The summed E-state index contributed by atoms with van der Waals surface area (Å²) in [6, 6.07) is 6.92. The number of hydrogen-bond donors (Lipinski definition) is 1. The second kappa shape index (κ2) is 9.62. The minimum absolute atomic E-state index is 0.157. The average Bonchev–Trinajstić information content (AvgIpc) is 2.67. The number of aromatic nitrogens is 2. The minimum atomic E-state index is -0.157. The van der Waals surface area contributed by atoms with Crippen LogP contribution in [0, 0.1) is 11.7 Å². The van der Waals surface area contributed by atoms with Crippen LogP contribution in [0.3, 0.4) is 0 Å². The first-order chi connectivity index (χ1) is 12.7. The quantitative estimate of drug-likeness (QED) is 0.766. The Morgan fingerprint density at radius 3 is 2.65 bits per heavy atom. The summed E-state index contributed by atoms with van der Waals surface area (Å²) in [5.74, 6) is 1.27. The van der Waals surface area contributed by atoms with Crippen LogP contribution in [0.25, 0.3) is 0 Å². The maximum atomic E-state index is 13.0. The zero-order chi connectivity index (χ0) is 18.2. The highest BCUT2D eigenvalue weighted by atomic mass is 19.1. The van der Waals surface area contributed by atoms with E-state index in [1.807, 2.05) is 24.5 Å². The highest BCUT2D eigenvalue weighted by Gasteiger charge is 2.20. The highest BCUT2D eigenvalue weighted by molar-refractivity contribution is 5.24. The molecule has 0 bridgehead atoms. The number of rotatable bonds is 8. The Labute approximate surface area is 155 Å². The Bertz CT molecular complexity index is 657. The third kappa shape index (κ3) is 5.77. The average molecular weight is 356 g/mol. The molecule has 2 heterocycles. The second-order valence-electron chi connectivity index (χ2n) is 7.25. The molecular weight excluding hydrogens is 327 g/mol. The Hall–Kier alpha value is -2.01. The first kappa shape index (κ1) is 18.8. The molecular formula is C21H29FN4. The standard InChI is InChI=1S/C21H29FN4/c1-2-11-23-21-24-13-19(14-25-21)16-26-12-3-4-18(15-26)6-5-17-7-9-20(22)10-8-17/h7-10,13-14,18H,2-6,11-12,15-16H2,1H3,(H,23,24,25). The van der Waals surface area contributed by atoms with Crippen molar-refractivity contribution in [2.24, 2.45) is 5.92 Å². The van der Waals surface area contributed by atoms with Crippen LogP contribution in [0.2, 0.25) is 0 Å². The molecule has 1 unspecified atom stereocenters. The number of likely N-dealkylation sites (tertiary alicyclic amines) is 1. The lowest BCUT2D eigenvalue weighted by Gasteiger charge is -2.32. The SMILES string of the molecule is CCCNc1ncc(CN2CCCC(CCc3ccc(F)cc3)C2)cn1. The molecule has 1 aromatic heterocycles. The fraction of sp³-hybridized carbons (Fsp3) is 0.524. The Balaban J connectivity index is 1.46. The third-order valence-corrected chi connectivity index (χ3v) is 5.00. The van der Waals surface area contributed by atoms with Gasteiger partial charge in [-0.25, -0.2) is 14.4 Å². The van der Waals surface area contributed by atoms with Crippen molar-refractivity contribution in [3.8, 4) is 0 Å². The van der Waals surface area contributed by atoms with E-state index in [1.165, 1.54) is 30.4 Å². The number of nitrogens with zero attached hydrogens (tertiary/aromatic N) is 3. The number of hydrogen-bond acceptors (Lipinski definition) is 4. The van der Waals surface area contributed by atoms with Crippen molar-refractivity contribution in [2.75, 3.05) is 25.0 Å². The molecule has 0 aliphatic carbocycles. The van der Waals surface area contributed by atoms with Gasteiger partial charge in [-0.05, 0) is 62.3 Å². The van der Waals surface area contributed by atoms with Crippen LogP contribution in [-0.4, -0.2) is 34.5 Å². The summed E-state index contributed by atoms with van der Waals surface area (Å²) in [4.78, 5) is 11.3. The maximum absolute atomic E-state index is 13.0. The van der Waals surface area contributed by atoms with Crippen molar-refractivity contribution in [1.29, 1.82) is 0 Å². The monoisotopic (exact) mass is 356 g/mol. The molecule has 3 rings (SSSR count). The van der Waals surface area contributed by atoms with Gasteiger partial charge in [-0.2, -0.15) is 0 Å². The summed E-state index contributed by atoms with van der Waals surface area (Å²) in [6.07, 6.45) is 9.66. The first-order valence-corrected chi connectivity index (χ1v) is 9.74. The molecule has 140 valence electrons. The number of benzene rings is 1. The van der Waals surface area contributed by atoms with Crippen molar-refractivity contribution in [3.05, 3.63) is 53.6 Å². The molecule has 2 aromatic rings. The van der Waals surface area contributed by atoms with Gasteiger partial charge in [0, 0.05) is 37.6 Å². The number of aryl methyl sites for hydroxylation is 1. The summed E-state index contributed by atoms with van der Waals surface area (Å²) >= 11 is 0. The molecule has 1 saturated heterocycles. The van der Waals surface area contributed by atoms with Gasteiger partial charge >= 0.3 is 0 Å². The maximum Gasteiger partial charge on any atom is 0.222 e. The largest absolute Gasteiger partial charge is 0.354 e. The predicted molar refractivity (Wildman–Crippen MR) is 104 cm³/mol. The first-order valence-electron chi connectivity index (χ1n) is 9.74. The fourth-order valence-corrected chi connectivity index (χ4v) is 3.58. The topological polar surface area (TPSA) is 41.1 Å².